The maximum atomic E-state index is 14.5. The van der Waals surface area contributed by atoms with Crippen LogP contribution < -0.4 is 10.1 Å². The minimum absolute atomic E-state index is 0.111. The molecule has 0 unspecified atom stereocenters. The molecule has 0 aliphatic rings. The summed E-state index contributed by atoms with van der Waals surface area (Å²) in [5.41, 5.74) is 1.42. The summed E-state index contributed by atoms with van der Waals surface area (Å²) in [6, 6.07) is 7.47. The fraction of sp³-hybridized carbons (Fsp3) is 0.345. The van der Waals surface area contributed by atoms with Gasteiger partial charge in [0.1, 0.15) is 17.4 Å². The number of aliphatic carboxylic acids is 1. The highest BCUT2D eigenvalue weighted by Gasteiger charge is 2.18. The van der Waals surface area contributed by atoms with Crippen molar-refractivity contribution in [2.75, 3.05) is 25.6 Å². The van der Waals surface area contributed by atoms with Crippen molar-refractivity contribution in [2.24, 2.45) is 5.41 Å². The van der Waals surface area contributed by atoms with Gasteiger partial charge in [0.25, 0.3) is 5.91 Å². The number of carboxylic acids is 1. The molecule has 0 fully saturated rings. The van der Waals surface area contributed by atoms with Gasteiger partial charge in [-0.15, -0.1) is 11.3 Å². The van der Waals surface area contributed by atoms with Crippen LogP contribution in [-0.2, 0) is 16.0 Å². The average Bonchev–Trinajstić information content (AvgIpc) is 3.32. The van der Waals surface area contributed by atoms with Crippen molar-refractivity contribution < 1.29 is 33.0 Å². The summed E-state index contributed by atoms with van der Waals surface area (Å²) in [7, 11) is 1.59. The Morgan fingerprint density at radius 1 is 1.18 bits per heavy atom. The van der Waals surface area contributed by atoms with Crippen molar-refractivity contribution in [1.29, 1.82) is 0 Å². The molecule has 1 aromatic heterocycles. The monoisotopic (exact) mass is 558 g/mol. The van der Waals surface area contributed by atoms with Gasteiger partial charge in [0.15, 0.2) is 5.13 Å². The van der Waals surface area contributed by atoms with Crippen molar-refractivity contribution in [3.05, 3.63) is 69.6 Å². The summed E-state index contributed by atoms with van der Waals surface area (Å²) in [6.07, 6.45) is 2.46. The van der Waals surface area contributed by atoms with Gasteiger partial charge in [0.2, 0.25) is 0 Å². The maximum absolute atomic E-state index is 14.5. The molecule has 0 saturated heterocycles. The topological polar surface area (TPSA) is 97.8 Å². The van der Waals surface area contributed by atoms with E-state index < -0.39 is 29.1 Å². The molecule has 10 heteroatoms. The lowest BCUT2D eigenvalue weighted by Crippen LogP contribution is -2.15. The van der Waals surface area contributed by atoms with Crippen LogP contribution in [0.15, 0.2) is 41.3 Å². The summed E-state index contributed by atoms with van der Waals surface area (Å²) in [4.78, 5) is 28.1. The van der Waals surface area contributed by atoms with Crippen LogP contribution in [0.4, 0.5) is 13.9 Å². The average molecular weight is 559 g/mol. The van der Waals surface area contributed by atoms with E-state index in [0.29, 0.717) is 24.7 Å². The van der Waals surface area contributed by atoms with Crippen LogP contribution in [0.5, 0.6) is 5.75 Å². The zero-order valence-corrected chi connectivity index (χ0v) is 23.4. The fourth-order valence-corrected chi connectivity index (χ4v) is 4.43. The second-order valence-electron chi connectivity index (χ2n) is 10.2. The third-order valence-corrected chi connectivity index (χ3v) is 6.37. The Morgan fingerprint density at radius 3 is 2.49 bits per heavy atom. The molecule has 3 rings (SSSR count). The Hall–Kier alpha value is -3.63. The fourth-order valence-electron chi connectivity index (χ4n) is 3.72. The van der Waals surface area contributed by atoms with Gasteiger partial charge in [0.05, 0.1) is 19.4 Å². The first-order valence-corrected chi connectivity index (χ1v) is 13.2. The lowest BCUT2D eigenvalue weighted by molar-refractivity contribution is -0.132. The predicted octanol–water partition coefficient (Wildman–Crippen LogP) is 6.83. The predicted molar refractivity (Wildman–Crippen MR) is 148 cm³/mol. The minimum atomic E-state index is -1.30. The molecule has 0 radical (unpaired) electrons. The number of amides is 1. The molecular weight excluding hydrogens is 526 g/mol. The molecule has 0 atom stereocenters. The van der Waals surface area contributed by atoms with Gasteiger partial charge >= 0.3 is 5.97 Å². The van der Waals surface area contributed by atoms with E-state index in [9.17, 15) is 18.4 Å². The second-order valence-corrected chi connectivity index (χ2v) is 11.1. The zero-order valence-electron chi connectivity index (χ0n) is 22.6. The van der Waals surface area contributed by atoms with Gasteiger partial charge in [-0.3, -0.25) is 10.1 Å². The van der Waals surface area contributed by atoms with E-state index in [-0.39, 0.29) is 21.7 Å². The molecule has 0 aliphatic heterocycles. The number of carbonyl (C=O) groups is 2. The molecule has 1 amide bonds. The Labute approximate surface area is 230 Å². The van der Waals surface area contributed by atoms with Gasteiger partial charge in [-0.25, -0.2) is 18.6 Å². The van der Waals surface area contributed by atoms with Crippen molar-refractivity contribution in [3.63, 3.8) is 0 Å². The van der Waals surface area contributed by atoms with Crippen LogP contribution in [0.25, 0.3) is 17.3 Å². The van der Waals surface area contributed by atoms with E-state index in [1.54, 1.807) is 12.5 Å². The Bertz CT molecular complexity index is 1360. The number of ether oxygens (including phenoxy) is 2. The number of carbonyl (C=O) groups excluding carboxylic acids is 1. The number of thiazole rings is 1. The molecule has 0 saturated carbocycles. The summed E-state index contributed by atoms with van der Waals surface area (Å²) in [5.74, 6) is -3.48. The van der Waals surface area contributed by atoms with Crippen molar-refractivity contribution in [2.45, 2.75) is 40.5 Å². The summed E-state index contributed by atoms with van der Waals surface area (Å²) < 4.78 is 40.4. The number of hydrogen-bond acceptors (Lipinski definition) is 6. The largest absolute Gasteiger partial charge is 0.496 e. The molecule has 7 nitrogen and oxygen atoms in total. The Kier molecular flexibility index (Phi) is 9.93. The summed E-state index contributed by atoms with van der Waals surface area (Å²) in [5, 5.41) is 13.5. The van der Waals surface area contributed by atoms with Crippen molar-refractivity contribution >= 4 is 34.4 Å². The standard InChI is InChI=1S/C29H32F2N2O5S/c1-17(27(35)36)12-21-22(30)13-19(14-23(21)31)26(34)33-28-32-24(15-39-28)20-10-6-8-18(25(20)37-5)9-7-11-38-16-29(2,3)4/h6,8,10,12-15H,7,9,11,16H2,1-5H3,(H,35,36)(H,32,33,34)/b17-12+. The first-order chi connectivity index (χ1) is 18.4. The third kappa shape index (κ3) is 8.18. The number of anilines is 1. The normalized spacial score (nSPS) is 11.9. The number of hydrogen-bond donors (Lipinski definition) is 2. The molecule has 208 valence electrons. The number of aryl methyl sites for hydroxylation is 1. The smallest absolute Gasteiger partial charge is 0.331 e. The van der Waals surface area contributed by atoms with E-state index in [4.69, 9.17) is 14.6 Å². The Balaban J connectivity index is 1.73. The highest BCUT2D eigenvalue weighted by Crippen LogP contribution is 2.35. The van der Waals surface area contributed by atoms with Gasteiger partial charge in [-0.1, -0.05) is 32.9 Å². The number of nitrogens with one attached hydrogen (secondary N) is 1. The number of halogens is 2. The molecule has 1 heterocycles. The number of rotatable bonds is 11. The zero-order chi connectivity index (χ0) is 28.7. The highest BCUT2D eigenvalue weighted by molar-refractivity contribution is 7.14. The Morgan fingerprint density at radius 2 is 1.87 bits per heavy atom. The first-order valence-electron chi connectivity index (χ1n) is 12.3. The second kappa shape index (κ2) is 12.9. The lowest BCUT2D eigenvalue weighted by Gasteiger charge is -2.18. The SMILES string of the molecule is COc1c(CCCOCC(C)(C)C)cccc1-c1csc(NC(=O)c2cc(F)c(/C=C(\C)C(=O)O)c(F)c2)n1. The summed E-state index contributed by atoms with van der Waals surface area (Å²) >= 11 is 1.16. The van der Waals surface area contributed by atoms with Crippen LogP contribution in [-0.4, -0.2) is 42.3 Å². The molecule has 0 spiro atoms. The van der Waals surface area contributed by atoms with Gasteiger partial charge in [0, 0.05) is 34.3 Å². The van der Waals surface area contributed by atoms with E-state index in [0.717, 1.165) is 53.5 Å². The quantitative estimate of drug-likeness (QED) is 0.198. The van der Waals surface area contributed by atoms with E-state index in [2.05, 4.69) is 31.1 Å². The molecule has 3 aromatic rings. The van der Waals surface area contributed by atoms with Crippen LogP contribution in [0.1, 0.15) is 55.6 Å². The van der Waals surface area contributed by atoms with Crippen LogP contribution in [0.3, 0.4) is 0 Å². The van der Waals surface area contributed by atoms with Gasteiger partial charge < -0.3 is 14.6 Å². The molecule has 0 bridgehead atoms. The number of methoxy groups -OCH3 is 1. The van der Waals surface area contributed by atoms with Crippen LogP contribution in [0.2, 0.25) is 0 Å². The van der Waals surface area contributed by atoms with Crippen molar-refractivity contribution in [3.8, 4) is 17.0 Å². The summed E-state index contributed by atoms with van der Waals surface area (Å²) in [6.45, 7) is 8.91. The lowest BCUT2D eigenvalue weighted by atomic mass is 9.99. The first kappa shape index (κ1) is 29.9. The molecule has 39 heavy (non-hydrogen) atoms. The number of carboxylic acid groups (broad SMARTS) is 1. The maximum Gasteiger partial charge on any atom is 0.331 e. The van der Waals surface area contributed by atoms with E-state index in [1.165, 1.54) is 6.92 Å². The molecule has 0 aliphatic carbocycles. The van der Waals surface area contributed by atoms with Gasteiger partial charge in [-0.2, -0.15) is 0 Å². The van der Waals surface area contributed by atoms with Gasteiger partial charge in [-0.05, 0) is 55.0 Å². The van der Waals surface area contributed by atoms with Crippen LogP contribution >= 0.6 is 11.3 Å². The van der Waals surface area contributed by atoms with E-state index >= 15 is 0 Å². The van der Waals surface area contributed by atoms with Crippen molar-refractivity contribution in [1.82, 2.24) is 4.98 Å². The number of nitrogens with zero attached hydrogens (tertiary/aromatic N) is 1. The molecule has 2 N–H and O–H groups in total. The number of para-hydroxylation sites is 1. The van der Waals surface area contributed by atoms with Crippen LogP contribution in [0, 0.1) is 17.0 Å². The van der Waals surface area contributed by atoms with E-state index in [1.807, 2.05) is 18.2 Å². The third-order valence-electron chi connectivity index (χ3n) is 5.61. The highest BCUT2D eigenvalue weighted by atomic mass is 32.1. The number of benzene rings is 2. The number of aromatic nitrogens is 1. The molecular formula is C29H32F2N2O5S. The minimum Gasteiger partial charge on any atom is -0.496 e. The molecule has 2 aromatic carbocycles.